The fourth-order valence-corrected chi connectivity index (χ4v) is 4.67. The van der Waals surface area contributed by atoms with Gasteiger partial charge >= 0.3 is 0 Å². The van der Waals surface area contributed by atoms with Gasteiger partial charge in [-0.2, -0.15) is 0 Å². The maximum Gasteiger partial charge on any atom is 0.152 e. The highest BCUT2D eigenvalue weighted by Gasteiger charge is 2.10. The summed E-state index contributed by atoms with van der Waals surface area (Å²) in [6.45, 7) is 2.24. The lowest BCUT2D eigenvalue weighted by Gasteiger charge is -1.96. The van der Waals surface area contributed by atoms with Crippen LogP contribution in [0.25, 0.3) is 9.75 Å². The molecule has 0 atom stereocenters. The summed E-state index contributed by atoms with van der Waals surface area (Å²) in [4.78, 5) is 14.8. The summed E-state index contributed by atoms with van der Waals surface area (Å²) >= 11 is 6.92. The lowest BCUT2D eigenvalue weighted by Crippen LogP contribution is -1.80. The number of rotatable bonds is 7. The van der Waals surface area contributed by atoms with Gasteiger partial charge in [0.25, 0.3) is 0 Å². The van der Waals surface area contributed by atoms with Crippen LogP contribution in [0.2, 0.25) is 0 Å². The Hall–Kier alpha value is -0.450. The fraction of sp³-hybridized carbons (Fsp3) is 0.400. The molecule has 2 aromatic heterocycles. The Bertz CT molecular complexity index is 542. The van der Waals surface area contributed by atoms with Crippen molar-refractivity contribution >= 4 is 44.9 Å². The smallest absolute Gasteiger partial charge is 0.152 e. The van der Waals surface area contributed by atoms with E-state index in [0.717, 1.165) is 15.6 Å². The van der Waals surface area contributed by atoms with Crippen molar-refractivity contribution in [3.05, 3.63) is 32.4 Å². The molecule has 0 radical (unpaired) electrons. The molecule has 1 nitrogen and oxygen atoms in total. The minimum atomic E-state index is 0.748. The minimum Gasteiger partial charge on any atom is -0.298 e. The Morgan fingerprint density at radius 3 is 2.68 bits per heavy atom. The van der Waals surface area contributed by atoms with Gasteiger partial charge in [-0.15, -0.1) is 22.7 Å². The van der Waals surface area contributed by atoms with Crippen LogP contribution in [0.5, 0.6) is 0 Å². The Kier molecular flexibility index (Phi) is 5.79. The molecule has 19 heavy (non-hydrogen) atoms. The van der Waals surface area contributed by atoms with Gasteiger partial charge in [0.1, 0.15) is 0 Å². The van der Waals surface area contributed by atoms with E-state index in [1.54, 1.807) is 11.3 Å². The van der Waals surface area contributed by atoms with E-state index in [9.17, 15) is 4.79 Å². The molecule has 102 valence electrons. The minimum absolute atomic E-state index is 0.748. The molecule has 0 aliphatic carbocycles. The number of carbonyl (C=O) groups excluding carboxylic acids is 1. The molecule has 0 aliphatic rings. The summed E-state index contributed by atoms with van der Waals surface area (Å²) < 4.78 is 0.926. The quantitative estimate of drug-likeness (QED) is 0.427. The number of hydrogen-bond acceptors (Lipinski definition) is 3. The third-order valence-electron chi connectivity index (χ3n) is 3.02. The first-order chi connectivity index (χ1) is 9.24. The Morgan fingerprint density at radius 1 is 1.16 bits per heavy atom. The number of halogens is 1. The van der Waals surface area contributed by atoms with E-state index in [4.69, 9.17) is 0 Å². The summed E-state index contributed by atoms with van der Waals surface area (Å²) in [5, 5.41) is 0. The first-order valence-corrected chi connectivity index (χ1v) is 9.00. The number of carbonyl (C=O) groups is 1. The zero-order valence-corrected chi connectivity index (χ0v) is 14.2. The second-order valence-corrected chi connectivity index (χ2v) is 8.07. The summed E-state index contributed by atoms with van der Waals surface area (Å²) in [6, 6.07) is 6.36. The number of aldehydes is 1. The van der Waals surface area contributed by atoms with E-state index >= 15 is 0 Å². The summed E-state index contributed by atoms with van der Waals surface area (Å²) in [5.74, 6) is 0. The van der Waals surface area contributed by atoms with Gasteiger partial charge in [0.15, 0.2) is 6.29 Å². The van der Waals surface area contributed by atoms with E-state index in [-0.39, 0.29) is 0 Å². The average molecular weight is 357 g/mol. The first kappa shape index (κ1) is 14.9. The highest BCUT2D eigenvalue weighted by molar-refractivity contribution is 9.11. The van der Waals surface area contributed by atoms with Crippen molar-refractivity contribution in [2.45, 2.75) is 39.0 Å². The van der Waals surface area contributed by atoms with Crippen molar-refractivity contribution < 1.29 is 4.79 Å². The van der Waals surface area contributed by atoms with Crippen molar-refractivity contribution in [2.24, 2.45) is 0 Å². The third-order valence-corrected chi connectivity index (χ3v) is 6.24. The van der Waals surface area contributed by atoms with Gasteiger partial charge in [0.2, 0.25) is 0 Å². The van der Waals surface area contributed by atoms with Gasteiger partial charge < -0.3 is 0 Å². The van der Waals surface area contributed by atoms with Crippen LogP contribution in [0, 0.1) is 0 Å². The van der Waals surface area contributed by atoms with Gasteiger partial charge in [-0.3, -0.25) is 4.79 Å². The predicted octanol–water partition coefficient (Wildman–Crippen LogP) is 6.17. The fourth-order valence-electron chi connectivity index (χ4n) is 1.96. The van der Waals surface area contributed by atoms with E-state index in [1.807, 2.05) is 17.4 Å². The van der Waals surface area contributed by atoms with Crippen LogP contribution in [-0.4, -0.2) is 6.29 Å². The molecule has 0 fully saturated rings. The molecule has 0 aliphatic heterocycles. The molecule has 0 unspecified atom stereocenters. The number of aryl methyl sites for hydroxylation is 1. The summed E-state index contributed by atoms with van der Waals surface area (Å²) in [5.41, 5.74) is 0.748. The van der Waals surface area contributed by atoms with Crippen molar-refractivity contribution in [1.82, 2.24) is 0 Å². The molecule has 2 rings (SSSR count). The normalized spacial score (nSPS) is 10.8. The van der Waals surface area contributed by atoms with Crippen molar-refractivity contribution in [3.8, 4) is 9.75 Å². The van der Waals surface area contributed by atoms with Crippen LogP contribution in [0.15, 0.2) is 22.0 Å². The van der Waals surface area contributed by atoms with Crippen LogP contribution in [0.4, 0.5) is 0 Å². The maximum absolute atomic E-state index is 10.9. The molecule has 0 amide bonds. The second kappa shape index (κ2) is 7.36. The number of thiophene rings is 2. The molecule has 0 spiro atoms. The van der Waals surface area contributed by atoms with E-state index in [1.165, 1.54) is 46.7 Å². The average Bonchev–Trinajstić information content (AvgIpc) is 3.01. The van der Waals surface area contributed by atoms with Crippen LogP contribution < -0.4 is 0 Å². The van der Waals surface area contributed by atoms with Gasteiger partial charge in [-0.1, -0.05) is 26.2 Å². The molecular formula is C15H17BrOS2. The predicted molar refractivity (Wildman–Crippen MR) is 88.6 cm³/mol. The third kappa shape index (κ3) is 4.01. The molecule has 0 aromatic carbocycles. The van der Waals surface area contributed by atoms with Crippen molar-refractivity contribution in [3.63, 3.8) is 0 Å². The lowest BCUT2D eigenvalue weighted by atomic mass is 10.1. The topological polar surface area (TPSA) is 17.1 Å². The number of unbranched alkanes of at least 4 members (excludes halogenated alkanes) is 3. The van der Waals surface area contributed by atoms with Gasteiger partial charge in [0, 0.05) is 20.2 Å². The highest BCUT2D eigenvalue weighted by atomic mass is 79.9. The van der Waals surface area contributed by atoms with E-state index < -0.39 is 0 Å². The zero-order chi connectivity index (χ0) is 13.7. The second-order valence-electron chi connectivity index (χ2n) is 4.53. The van der Waals surface area contributed by atoms with Crippen LogP contribution in [0.3, 0.4) is 0 Å². The molecule has 2 heterocycles. The van der Waals surface area contributed by atoms with Crippen LogP contribution in [0.1, 0.15) is 47.8 Å². The van der Waals surface area contributed by atoms with Gasteiger partial charge in [-0.25, -0.2) is 0 Å². The molecule has 0 saturated carbocycles. The SMILES string of the molecule is CCCCCCc1ccc(-c2cc(C=O)c(Br)s2)s1. The Morgan fingerprint density at radius 2 is 2.00 bits per heavy atom. The maximum atomic E-state index is 10.9. The first-order valence-electron chi connectivity index (χ1n) is 6.58. The molecule has 2 aromatic rings. The number of hydrogen-bond donors (Lipinski definition) is 0. The monoisotopic (exact) mass is 356 g/mol. The standard InChI is InChI=1S/C15H17BrOS2/c1-2-3-4-5-6-12-7-8-13(18-12)14-9-11(10-17)15(16)19-14/h7-10H,2-6H2,1H3. The van der Waals surface area contributed by atoms with Gasteiger partial charge in [-0.05, 0) is 47.0 Å². The molecule has 0 bridgehead atoms. The zero-order valence-electron chi connectivity index (χ0n) is 10.9. The summed E-state index contributed by atoms with van der Waals surface area (Å²) in [7, 11) is 0. The van der Waals surface area contributed by atoms with Gasteiger partial charge in [0.05, 0.1) is 3.79 Å². The highest BCUT2D eigenvalue weighted by Crippen LogP contribution is 2.38. The van der Waals surface area contributed by atoms with Crippen molar-refractivity contribution in [2.75, 3.05) is 0 Å². The summed E-state index contributed by atoms with van der Waals surface area (Å²) in [6.07, 6.45) is 7.30. The van der Waals surface area contributed by atoms with Crippen LogP contribution >= 0.6 is 38.6 Å². The molecular weight excluding hydrogens is 340 g/mol. The molecule has 4 heteroatoms. The molecule has 0 saturated heterocycles. The lowest BCUT2D eigenvalue weighted by molar-refractivity contribution is 0.112. The Balaban J connectivity index is 2.01. The molecule has 0 N–H and O–H groups in total. The Labute approximate surface area is 130 Å². The van der Waals surface area contributed by atoms with E-state index in [0.29, 0.717) is 0 Å². The largest absolute Gasteiger partial charge is 0.298 e. The van der Waals surface area contributed by atoms with Crippen LogP contribution in [-0.2, 0) is 6.42 Å². The van der Waals surface area contributed by atoms with Crippen molar-refractivity contribution in [1.29, 1.82) is 0 Å². The van der Waals surface area contributed by atoms with E-state index in [2.05, 4.69) is 35.0 Å².